The Morgan fingerprint density at radius 3 is 1.20 bits per heavy atom. The number of rotatable bonds is 0. The van der Waals surface area contributed by atoms with Gasteiger partial charge in [0.1, 0.15) is 0 Å². The molecule has 0 heterocycles. The summed E-state index contributed by atoms with van der Waals surface area (Å²) in [6.45, 7) is 0. The van der Waals surface area contributed by atoms with Gasteiger partial charge >= 0.3 is 86.6 Å². The van der Waals surface area contributed by atoms with E-state index in [4.69, 9.17) is 0 Å². The molecule has 0 aliphatic rings. The van der Waals surface area contributed by atoms with E-state index in [0.29, 0.717) is 0 Å². The van der Waals surface area contributed by atoms with Gasteiger partial charge in [-0.3, -0.25) is 0 Å². The van der Waals surface area contributed by atoms with Crippen molar-refractivity contribution in [2.45, 2.75) is 0 Å². The van der Waals surface area contributed by atoms with Crippen LogP contribution in [0.1, 0.15) is 5.71 Å². The molecule has 5 heavy (non-hydrogen) atoms. The van der Waals surface area contributed by atoms with E-state index in [2.05, 4.69) is 0 Å². The minimum absolute atomic E-state index is 0. The van der Waals surface area contributed by atoms with Crippen molar-refractivity contribution in [2.24, 2.45) is 0 Å². The van der Waals surface area contributed by atoms with Gasteiger partial charge in [-0.2, -0.15) is 0 Å². The largest absolute Gasteiger partial charge is 2.00 e. The SMILES string of the molecule is [AlH3].[B].[Ba+2].[Ca+2].[Cr].[H-].[H-].[H-].[H-]. The van der Waals surface area contributed by atoms with Crippen LogP contribution in [0, 0.1) is 0 Å². The summed E-state index contributed by atoms with van der Waals surface area (Å²) in [6, 6.07) is 0. The van der Waals surface area contributed by atoms with Gasteiger partial charge in [0.05, 0.1) is 0 Å². The summed E-state index contributed by atoms with van der Waals surface area (Å²) in [7, 11) is 0. The van der Waals surface area contributed by atoms with Gasteiger partial charge in [-0.25, -0.2) is 0 Å². The predicted octanol–water partition coefficient (Wildman–Crippen LogP) is -1.88. The topological polar surface area (TPSA) is 0 Å². The fourth-order valence-corrected chi connectivity index (χ4v) is 0. The van der Waals surface area contributed by atoms with Crippen molar-refractivity contribution >= 4 is 112 Å². The molecule has 5 heteroatoms. The zero-order chi connectivity index (χ0) is 0. The molecule has 0 aromatic carbocycles. The van der Waals surface area contributed by atoms with Crippen LogP contribution in [0.25, 0.3) is 0 Å². The summed E-state index contributed by atoms with van der Waals surface area (Å²) in [4.78, 5) is 0. The van der Waals surface area contributed by atoms with Crippen LogP contribution in [-0.2, 0) is 17.4 Å². The normalized spacial score (nSPS) is 0. The standard InChI is InChI=1S/Al.B.Ba.Ca.Cr.7H/q;;2*+2;;;;;4*-1. The van der Waals surface area contributed by atoms with Crippen molar-refractivity contribution < 1.29 is 23.1 Å². The van der Waals surface area contributed by atoms with Gasteiger partial charge in [0.15, 0.2) is 17.4 Å². The van der Waals surface area contributed by atoms with Crippen molar-refractivity contribution in [3.05, 3.63) is 0 Å². The zero-order valence-electron chi connectivity index (χ0n) is 6.40. The van der Waals surface area contributed by atoms with Gasteiger partial charge in [-0.05, 0) is 0 Å². The molecule has 0 bridgehead atoms. The van der Waals surface area contributed by atoms with Crippen LogP contribution >= 0.6 is 0 Å². The summed E-state index contributed by atoms with van der Waals surface area (Å²) < 4.78 is 0. The van der Waals surface area contributed by atoms with Crippen LogP contribution in [0.3, 0.4) is 0 Å². The molecule has 0 aliphatic carbocycles. The molecular weight excluding hydrogens is 267 g/mol. The molecule has 23 valence electrons. The Morgan fingerprint density at radius 2 is 1.20 bits per heavy atom. The van der Waals surface area contributed by atoms with Crippen molar-refractivity contribution in [3.63, 3.8) is 0 Å². The maximum absolute atomic E-state index is 0. The van der Waals surface area contributed by atoms with Crippen LogP contribution in [0.4, 0.5) is 0 Å². The van der Waals surface area contributed by atoms with E-state index in [-0.39, 0.29) is 135 Å². The van der Waals surface area contributed by atoms with Crippen molar-refractivity contribution in [1.29, 1.82) is 0 Å². The number of hydrogen-bond donors (Lipinski definition) is 0. The van der Waals surface area contributed by atoms with E-state index in [1.54, 1.807) is 0 Å². The summed E-state index contributed by atoms with van der Waals surface area (Å²) in [5.74, 6) is 0. The average molecular weight is 274 g/mol. The fraction of sp³-hybridized carbons (Fsp3) is 0. The third kappa shape index (κ3) is 18.0. The third-order valence-electron chi connectivity index (χ3n) is 0. The summed E-state index contributed by atoms with van der Waals surface area (Å²) in [5, 5.41) is 0. The second kappa shape index (κ2) is 24.6. The van der Waals surface area contributed by atoms with E-state index in [1.807, 2.05) is 0 Å². The Labute approximate surface area is 132 Å². The van der Waals surface area contributed by atoms with E-state index < -0.39 is 0 Å². The molecule has 0 saturated heterocycles. The Hall–Kier alpha value is 3.96. The van der Waals surface area contributed by atoms with E-state index in [1.165, 1.54) is 0 Å². The maximum atomic E-state index is 0. The monoisotopic (exact) mass is 275 g/mol. The molecular formula is H7AlBBaCaCr. The Balaban J connectivity index is 0. The fourth-order valence-electron chi connectivity index (χ4n) is 0. The van der Waals surface area contributed by atoms with E-state index >= 15 is 0 Å². The smallest absolute Gasteiger partial charge is 1.00 e. The molecule has 0 aliphatic heterocycles. The minimum Gasteiger partial charge on any atom is -1.00 e. The maximum Gasteiger partial charge on any atom is 2.00 e. The molecule has 0 unspecified atom stereocenters. The molecule has 0 aromatic heterocycles. The van der Waals surface area contributed by atoms with Crippen molar-refractivity contribution in [2.75, 3.05) is 0 Å². The van der Waals surface area contributed by atoms with Gasteiger partial charge in [0.25, 0.3) is 0 Å². The summed E-state index contributed by atoms with van der Waals surface area (Å²) >= 11 is 0. The van der Waals surface area contributed by atoms with Crippen LogP contribution in [-0.4, -0.2) is 112 Å². The average Bonchev–Trinajstić information content (AvgIpc) is 0. The first-order valence-corrected chi connectivity index (χ1v) is 0. The van der Waals surface area contributed by atoms with Crippen molar-refractivity contribution in [3.8, 4) is 0 Å². The molecule has 0 nitrogen and oxygen atoms in total. The molecule has 0 rings (SSSR count). The quantitative estimate of drug-likeness (QED) is 0.454. The van der Waals surface area contributed by atoms with Gasteiger partial charge < -0.3 is 5.71 Å². The molecule has 0 spiro atoms. The Bertz CT molecular complexity index is 20.5. The Morgan fingerprint density at radius 1 is 1.20 bits per heavy atom. The molecule has 0 aromatic rings. The minimum atomic E-state index is 0. The predicted molar refractivity (Wildman–Crippen MR) is 31.6 cm³/mol. The van der Waals surface area contributed by atoms with Gasteiger partial charge in [-0.15, -0.1) is 0 Å². The molecule has 0 saturated carbocycles. The van der Waals surface area contributed by atoms with Crippen molar-refractivity contribution in [1.82, 2.24) is 0 Å². The van der Waals surface area contributed by atoms with Crippen LogP contribution < -0.4 is 0 Å². The number of hydrogen-bond acceptors (Lipinski definition) is 0. The van der Waals surface area contributed by atoms with Crippen LogP contribution in [0.15, 0.2) is 0 Å². The first-order valence-electron chi connectivity index (χ1n) is 0. The molecule has 0 N–H and O–H groups in total. The molecule has 0 fully saturated rings. The summed E-state index contributed by atoms with van der Waals surface area (Å²) in [5.41, 5.74) is 0. The second-order valence-electron chi connectivity index (χ2n) is 0. The third-order valence-corrected chi connectivity index (χ3v) is 0. The second-order valence-corrected chi connectivity index (χ2v) is 0. The van der Waals surface area contributed by atoms with Crippen LogP contribution in [0.5, 0.6) is 0 Å². The van der Waals surface area contributed by atoms with Gasteiger partial charge in [-0.1, -0.05) is 0 Å². The molecule has 0 atom stereocenters. The first-order chi connectivity index (χ1) is 0. The van der Waals surface area contributed by atoms with E-state index in [0.717, 1.165) is 0 Å². The van der Waals surface area contributed by atoms with Gasteiger partial charge in [0, 0.05) is 25.8 Å². The van der Waals surface area contributed by atoms with E-state index in [9.17, 15) is 0 Å². The first kappa shape index (κ1) is 36.2. The molecule has 0 amide bonds. The Kier molecular flexibility index (Phi) is 178. The zero-order valence-corrected chi connectivity index (χ0v) is 10.3. The van der Waals surface area contributed by atoms with Crippen LogP contribution in [0.2, 0.25) is 0 Å². The summed E-state index contributed by atoms with van der Waals surface area (Å²) in [6.07, 6.45) is 0. The molecule has 3 radical (unpaired) electrons. The van der Waals surface area contributed by atoms with Gasteiger partial charge in [0.2, 0.25) is 0 Å².